The predicted molar refractivity (Wildman–Crippen MR) is 68.0 cm³/mol. The highest BCUT2D eigenvalue weighted by Gasteiger charge is 2.17. The van der Waals surface area contributed by atoms with Crippen molar-refractivity contribution in [2.75, 3.05) is 5.32 Å². The second-order valence-corrected chi connectivity index (χ2v) is 4.23. The Balaban J connectivity index is 2.61. The predicted octanol–water partition coefficient (Wildman–Crippen LogP) is 2.43. The summed E-state index contributed by atoms with van der Waals surface area (Å²) in [5.41, 5.74) is 0.588. The number of carboxylic acid groups (broad SMARTS) is 1. The van der Waals surface area contributed by atoms with Crippen LogP contribution in [0.5, 0.6) is 0 Å². The summed E-state index contributed by atoms with van der Waals surface area (Å²) in [6.45, 7) is 1.69. The second-order valence-electron chi connectivity index (χ2n) is 3.38. The lowest BCUT2D eigenvalue weighted by Gasteiger charge is -2.13. The fourth-order valence-electron chi connectivity index (χ4n) is 1.22. The SMILES string of the molecule is CC[C@H](NC(=O)Nc1ccccc1Br)C(=O)O. The highest BCUT2D eigenvalue weighted by atomic mass is 79.9. The Kier molecular flexibility index (Phi) is 4.96. The van der Waals surface area contributed by atoms with Crippen LogP contribution in [0.2, 0.25) is 0 Å². The maximum atomic E-state index is 11.5. The minimum atomic E-state index is -1.05. The van der Waals surface area contributed by atoms with Crippen molar-refractivity contribution in [2.24, 2.45) is 0 Å². The molecule has 0 unspecified atom stereocenters. The summed E-state index contributed by atoms with van der Waals surface area (Å²) >= 11 is 3.28. The van der Waals surface area contributed by atoms with E-state index < -0.39 is 18.0 Å². The van der Waals surface area contributed by atoms with Crippen molar-refractivity contribution in [3.05, 3.63) is 28.7 Å². The normalized spacial score (nSPS) is 11.6. The first-order chi connectivity index (χ1) is 8.04. The molecule has 1 atom stereocenters. The maximum absolute atomic E-state index is 11.5. The Morgan fingerprint density at radius 3 is 2.59 bits per heavy atom. The third kappa shape index (κ3) is 4.07. The van der Waals surface area contributed by atoms with Crippen molar-refractivity contribution in [1.82, 2.24) is 5.32 Å². The number of carboxylic acids is 1. The zero-order valence-corrected chi connectivity index (χ0v) is 10.8. The molecule has 0 aliphatic heterocycles. The molecule has 0 radical (unpaired) electrons. The van der Waals surface area contributed by atoms with Gasteiger partial charge in [0.25, 0.3) is 0 Å². The van der Waals surface area contributed by atoms with Gasteiger partial charge in [0.05, 0.1) is 5.69 Å². The molecule has 0 fully saturated rings. The molecule has 1 aromatic carbocycles. The van der Waals surface area contributed by atoms with Crippen molar-refractivity contribution in [3.8, 4) is 0 Å². The molecular weight excluding hydrogens is 288 g/mol. The fourth-order valence-corrected chi connectivity index (χ4v) is 1.60. The molecule has 0 bridgehead atoms. The van der Waals surface area contributed by atoms with Gasteiger partial charge < -0.3 is 15.7 Å². The topological polar surface area (TPSA) is 78.4 Å². The molecule has 0 heterocycles. The Hall–Kier alpha value is -1.56. The highest BCUT2D eigenvalue weighted by Crippen LogP contribution is 2.20. The Morgan fingerprint density at radius 2 is 2.06 bits per heavy atom. The number of halogens is 1. The van der Waals surface area contributed by atoms with Crippen LogP contribution in [0.4, 0.5) is 10.5 Å². The van der Waals surface area contributed by atoms with E-state index in [0.29, 0.717) is 12.1 Å². The molecule has 3 N–H and O–H groups in total. The molecule has 0 aliphatic carbocycles. The number of carbonyl (C=O) groups is 2. The summed E-state index contributed by atoms with van der Waals surface area (Å²) in [4.78, 5) is 22.3. The molecule has 0 aliphatic rings. The number of para-hydroxylation sites is 1. The first-order valence-corrected chi connectivity index (χ1v) is 5.88. The van der Waals surface area contributed by atoms with Crippen molar-refractivity contribution < 1.29 is 14.7 Å². The number of aliphatic carboxylic acids is 1. The lowest BCUT2D eigenvalue weighted by molar-refractivity contribution is -0.139. The maximum Gasteiger partial charge on any atom is 0.326 e. The van der Waals surface area contributed by atoms with E-state index in [2.05, 4.69) is 26.6 Å². The van der Waals surface area contributed by atoms with E-state index >= 15 is 0 Å². The Morgan fingerprint density at radius 1 is 1.41 bits per heavy atom. The van der Waals surface area contributed by atoms with Gasteiger partial charge in [0.15, 0.2) is 0 Å². The molecule has 0 aromatic heterocycles. The van der Waals surface area contributed by atoms with Crippen molar-refractivity contribution in [2.45, 2.75) is 19.4 Å². The summed E-state index contributed by atoms with van der Waals surface area (Å²) in [6, 6.07) is 5.67. The van der Waals surface area contributed by atoms with Crippen LogP contribution in [0, 0.1) is 0 Å². The van der Waals surface area contributed by atoms with E-state index in [1.807, 2.05) is 6.07 Å². The standard InChI is InChI=1S/C11H13BrN2O3/c1-2-8(10(15)16)13-11(17)14-9-6-4-3-5-7(9)12/h3-6,8H,2H2,1H3,(H,15,16)(H2,13,14,17)/t8-/m0/s1. The van der Waals surface area contributed by atoms with E-state index in [0.717, 1.165) is 4.47 Å². The molecule has 0 saturated carbocycles. The van der Waals surface area contributed by atoms with Crippen LogP contribution in [0.25, 0.3) is 0 Å². The van der Waals surface area contributed by atoms with Crippen LogP contribution >= 0.6 is 15.9 Å². The van der Waals surface area contributed by atoms with Crippen molar-refractivity contribution >= 4 is 33.6 Å². The van der Waals surface area contributed by atoms with E-state index in [1.165, 1.54) is 0 Å². The molecule has 1 aromatic rings. The van der Waals surface area contributed by atoms with Crippen LogP contribution in [-0.2, 0) is 4.79 Å². The minimum absolute atomic E-state index is 0.332. The lowest BCUT2D eigenvalue weighted by atomic mass is 10.2. The van der Waals surface area contributed by atoms with Gasteiger partial charge in [0.1, 0.15) is 6.04 Å². The van der Waals surface area contributed by atoms with E-state index in [4.69, 9.17) is 5.11 Å². The van der Waals surface area contributed by atoms with Crippen LogP contribution < -0.4 is 10.6 Å². The van der Waals surface area contributed by atoms with Crippen LogP contribution in [0.3, 0.4) is 0 Å². The number of urea groups is 1. The number of rotatable bonds is 4. The second kappa shape index (κ2) is 6.24. The number of amides is 2. The van der Waals surface area contributed by atoms with Gasteiger partial charge in [-0.2, -0.15) is 0 Å². The smallest absolute Gasteiger partial charge is 0.326 e. The lowest BCUT2D eigenvalue weighted by Crippen LogP contribution is -2.42. The zero-order valence-electron chi connectivity index (χ0n) is 9.24. The number of nitrogens with one attached hydrogen (secondary N) is 2. The monoisotopic (exact) mass is 300 g/mol. The average Bonchev–Trinajstić information content (AvgIpc) is 2.28. The van der Waals surface area contributed by atoms with E-state index in [1.54, 1.807) is 25.1 Å². The fraction of sp³-hybridized carbons (Fsp3) is 0.273. The van der Waals surface area contributed by atoms with Gasteiger partial charge in [0.2, 0.25) is 0 Å². The molecule has 5 nitrogen and oxygen atoms in total. The number of carbonyl (C=O) groups excluding carboxylic acids is 1. The van der Waals surface area contributed by atoms with Crippen molar-refractivity contribution in [1.29, 1.82) is 0 Å². The number of benzene rings is 1. The molecule has 6 heteroatoms. The van der Waals surface area contributed by atoms with Gasteiger partial charge in [-0.1, -0.05) is 19.1 Å². The highest BCUT2D eigenvalue weighted by molar-refractivity contribution is 9.10. The summed E-state index contributed by atoms with van der Waals surface area (Å²) in [5, 5.41) is 13.7. The molecular formula is C11H13BrN2O3. The third-order valence-corrected chi connectivity index (χ3v) is 2.83. The van der Waals surface area contributed by atoms with Gasteiger partial charge >= 0.3 is 12.0 Å². The molecule has 17 heavy (non-hydrogen) atoms. The van der Waals surface area contributed by atoms with E-state index in [-0.39, 0.29) is 0 Å². The summed E-state index contributed by atoms with van der Waals surface area (Å²) in [6.07, 6.45) is 0.332. The summed E-state index contributed by atoms with van der Waals surface area (Å²) in [5.74, 6) is -1.05. The minimum Gasteiger partial charge on any atom is -0.480 e. The number of hydrogen-bond donors (Lipinski definition) is 3. The first-order valence-electron chi connectivity index (χ1n) is 5.09. The molecule has 0 saturated heterocycles. The van der Waals surface area contributed by atoms with Gasteiger partial charge in [-0.15, -0.1) is 0 Å². The van der Waals surface area contributed by atoms with E-state index in [9.17, 15) is 9.59 Å². The Labute approximate surface area is 107 Å². The first kappa shape index (κ1) is 13.5. The summed E-state index contributed by atoms with van der Waals surface area (Å²) < 4.78 is 0.735. The third-order valence-electron chi connectivity index (χ3n) is 2.13. The van der Waals surface area contributed by atoms with Gasteiger partial charge in [-0.25, -0.2) is 9.59 Å². The molecule has 92 valence electrons. The van der Waals surface area contributed by atoms with Gasteiger partial charge in [-0.05, 0) is 34.5 Å². The van der Waals surface area contributed by atoms with Crippen LogP contribution in [-0.4, -0.2) is 23.1 Å². The largest absolute Gasteiger partial charge is 0.480 e. The number of anilines is 1. The van der Waals surface area contributed by atoms with Gasteiger partial charge in [0, 0.05) is 4.47 Å². The molecule has 2 amide bonds. The van der Waals surface area contributed by atoms with Crippen LogP contribution in [0.1, 0.15) is 13.3 Å². The molecule has 0 spiro atoms. The van der Waals surface area contributed by atoms with Gasteiger partial charge in [-0.3, -0.25) is 0 Å². The quantitative estimate of drug-likeness (QED) is 0.799. The zero-order chi connectivity index (χ0) is 12.8. The number of hydrogen-bond acceptors (Lipinski definition) is 2. The van der Waals surface area contributed by atoms with Crippen LogP contribution in [0.15, 0.2) is 28.7 Å². The average molecular weight is 301 g/mol. The Bertz CT molecular complexity index is 423. The van der Waals surface area contributed by atoms with Crippen molar-refractivity contribution in [3.63, 3.8) is 0 Å². The molecule has 1 rings (SSSR count). The summed E-state index contributed by atoms with van der Waals surface area (Å²) in [7, 11) is 0.